The number of alkyl halides is 1. The van der Waals surface area contributed by atoms with Gasteiger partial charge in [-0.2, -0.15) is 0 Å². The van der Waals surface area contributed by atoms with Crippen molar-refractivity contribution in [3.63, 3.8) is 0 Å². The van der Waals surface area contributed by atoms with E-state index in [1.165, 1.54) is 6.92 Å². The number of rotatable bonds is 9. The molecule has 0 spiro atoms. The molecule has 1 aromatic rings. The molecule has 0 amide bonds. The molecule has 3 N–H and O–H groups in total. The van der Waals surface area contributed by atoms with Crippen LogP contribution in [0, 0.1) is 29.6 Å². The SMILES string of the molecule is CC(C)[C@@H]1CC[C@@H](C)C[C@H]1OC(=O)O[C@H](C)OC(=O)C1(N)C(OCc2cccc(Cl)n2)CC2C1C2(F)C(=O)O. The van der Waals surface area contributed by atoms with Crippen molar-refractivity contribution in [1.29, 1.82) is 0 Å². The zero-order valence-corrected chi connectivity index (χ0v) is 23.2. The molecule has 12 heteroatoms. The fourth-order valence-electron chi connectivity index (χ4n) is 6.33. The summed E-state index contributed by atoms with van der Waals surface area (Å²) >= 11 is 5.91. The molecule has 0 aromatic carbocycles. The van der Waals surface area contributed by atoms with Crippen molar-refractivity contribution >= 4 is 29.7 Å². The number of aromatic nitrogens is 1. The predicted molar refractivity (Wildman–Crippen MR) is 136 cm³/mol. The van der Waals surface area contributed by atoms with Gasteiger partial charge in [-0.3, -0.25) is 0 Å². The lowest BCUT2D eigenvalue weighted by atomic mass is 9.75. The van der Waals surface area contributed by atoms with Crippen molar-refractivity contribution in [1.82, 2.24) is 4.98 Å². The van der Waals surface area contributed by atoms with Crippen LogP contribution in [0.25, 0.3) is 0 Å². The van der Waals surface area contributed by atoms with Gasteiger partial charge in [0.2, 0.25) is 12.0 Å². The van der Waals surface area contributed by atoms with Crippen LogP contribution < -0.4 is 5.73 Å². The minimum absolute atomic E-state index is 0.0987. The first-order valence-electron chi connectivity index (χ1n) is 13.3. The van der Waals surface area contributed by atoms with E-state index in [4.69, 9.17) is 36.3 Å². The monoisotopic (exact) mass is 570 g/mol. The Hall–Kier alpha value is -2.50. The summed E-state index contributed by atoms with van der Waals surface area (Å²) in [5.41, 5.74) is 2.03. The fraction of sp³-hybridized carbons (Fsp3) is 0.704. The molecule has 216 valence electrons. The fourth-order valence-corrected chi connectivity index (χ4v) is 6.51. The molecule has 5 unspecified atom stereocenters. The van der Waals surface area contributed by atoms with Gasteiger partial charge in [0, 0.05) is 18.8 Å². The number of pyridine rings is 1. The smallest absolute Gasteiger partial charge is 0.479 e. The van der Waals surface area contributed by atoms with E-state index in [1.807, 2.05) is 0 Å². The molecular formula is C27H36ClFN2O8. The van der Waals surface area contributed by atoms with Crippen LogP contribution in [-0.2, 0) is 35.1 Å². The maximum atomic E-state index is 15.2. The summed E-state index contributed by atoms with van der Waals surface area (Å²) in [6.45, 7) is 7.45. The van der Waals surface area contributed by atoms with Crippen molar-refractivity contribution < 1.29 is 42.8 Å². The first kappa shape index (κ1) is 29.5. The van der Waals surface area contributed by atoms with Crippen molar-refractivity contribution in [3.05, 3.63) is 29.0 Å². The number of fused-ring (bicyclic) bond motifs is 1. The van der Waals surface area contributed by atoms with Crippen LogP contribution in [0.5, 0.6) is 0 Å². The molecule has 0 saturated heterocycles. The third-order valence-corrected chi connectivity index (χ3v) is 8.64. The molecule has 3 fully saturated rings. The third-order valence-electron chi connectivity index (χ3n) is 8.43. The van der Waals surface area contributed by atoms with Gasteiger partial charge in [0.05, 0.1) is 18.4 Å². The van der Waals surface area contributed by atoms with Crippen molar-refractivity contribution in [3.8, 4) is 0 Å². The number of carbonyl (C=O) groups excluding carboxylic acids is 2. The number of hydrogen-bond donors (Lipinski definition) is 2. The van der Waals surface area contributed by atoms with E-state index in [-0.39, 0.29) is 30.2 Å². The number of esters is 1. The number of nitrogens with two attached hydrogens (primary N) is 1. The standard InChI is InChI=1S/C27H36ClFN2O8/c1-13(2)17-9-8-14(3)10-19(17)39-25(35)38-15(4)37-24(34)27(30)20(11-18-22(27)26(18,29)23(32)33)36-12-16-6-5-7-21(28)31-16/h5-7,13-15,17-20,22H,8-12,30H2,1-4H3,(H,32,33)/t14-,15-,17+,18?,19-,20?,22?,26?,27?/m1/s1. The Labute approximate surface area is 231 Å². The highest BCUT2D eigenvalue weighted by Gasteiger charge is 2.85. The summed E-state index contributed by atoms with van der Waals surface area (Å²) in [6, 6.07) is 4.89. The second-order valence-corrected chi connectivity index (χ2v) is 11.8. The van der Waals surface area contributed by atoms with Crippen LogP contribution in [-0.4, -0.2) is 57.9 Å². The summed E-state index contributed by atoms with van der Waals surface area (Å²) < 4.78 is 37.1. The molecule has 10 nitrogen and oxygen atoms in total. The van der Waals surface area contributed by atoms with E-state index < -0.39 is 53.5 Å². The largest absolute Gasteiger partial charge is 0.511 e. The van der Waals surface area contributed by atoms with Gasteiger partial charge in [-0.1, -0.05) is 44.9 Å². The molecule has 3 saturated carbocycles. The van der Waals surface area contributed by atoms with E-state index in [1.54, 1.807) is 18.2 Å². The summed E-state index contributed by atoms with van der Waals surface area (Å²) in [5.74, 6) is -4.35. The highest BCUT2D eigenvalue weighted by atomic mass is 35.5. The summed E-state index contributed by atoms with van der Waals surface area (Å²) in [4.78, 5) is 41.6. The third kappa shape index (κ3) is 5.71. The number of carboxylic acids is 1. The maximum Gasteiger partial charge on any atom is 0.511 e. The van der Waals surface area contributed by atoms with Gasteiger partial charge in [0.15, 0.2) is 0 Å². The molecule has 1 heterocycles. The van der Waals surface area contributed by atoms with Gasteiger partial charge in [-0.15, -0.1) is 0 Å². The number of ether oxygens (including phenoxy) is 4. The van der Waals surface area contributed by atoms with Crippen molar-refractivity contribution in [2.24, 2.45) is 35.3 Å². The number of halogens is 2. The molecule has 3 aliphatic rings. The summed E-state index contributed by atoms with van der Waals surface area (Å²) in [6.07, 6.45) is -1.24. The molecular weight excluding hydrogens is 535 g/mol. The summed E-state index contributed by atoms with van der Waals surface area (Å²) in [7, 11) is 0. The van der Waals surface area contributed by atoms with Gasteiger partial charge in [0.1, 0.15) is 16.8 Å². The minimum Gasteiger partial charge on any atom is -0.479 e. The Morgan fingerprint density at radius 2 is 1.92 bits per heavy atom. The van der Waals surface area contributed by atoms with E-state index in [9.17, 15) is 19.5 Å². The van der Waals surface area contributed by atoms with Crippen LogP contribution in [0.4, 0.5) is 9.18 Å². The molecule has 9 atom stereocenters. The van der Waals surface area contributed by atoms with Crippen LogP contribution in [0.2, 0.25) is 5.15 Å². The van der Waals surface area contributed by atoms with E-state index in [0.29, 0.717) is 24.0 Å². The molecule has 39 heavy (non-hydrogen) atoms. The molecule has 0 radical (unpaired) electrons. The summed E-state index contributed by atoms with van der Waals surface area (Å²) in [5, 5.41) is 9.69. The Kier molecular flexibility index (Phi) is 8.45. The van der Waals surface area contributed by atoms with Crippen LogP contribution in [0.3, 0.4) is 0 Å². The lowest BCUT2D eigenvalue weighted by Gasteiger charge is -2.36. The second-order valence-electron chi connectivity index (χ2n) is 11.4. The normalized spacial score (nSPS) is 36.1. The highest BCUT2D eigenvalue weighted by Crippen LogP contribution is 2.67. The predicted octanol–water partition coefficient (Wildman–Crippen LogP) is 4.26. The Bertz CT molecular complexity index is 1110. The number of carboxylic acid groups (broad SMARTS) is 1. The quantitative estimate of drug-likeness (QED) is 0.250. The number of carbonyl (C=O) groups is 3. The molecule has 3 aliphatic carbocycles. The van der Waals surface area contributed by atoms with E-state index in [2.05, 4.69) is 25.8 Å². The second kappa shape index (κ2) is 11.2. The van der Waals surface area contributed by atoms with E-state index >= 15 is 4.39 Å². The van der Waals surface area contributed by atoms with E-state index in [0.717, 1.165) is 12.8 Å². The first-order valence-corrected chi connectivity index (χ1v) is 13.7. The van der Waals surface area contributed by atoms with Gasteiger partial charge < -0.3 is 29.8 Å². The molecule has 0 aliphatic heterocycles. The first-order chi connectivity index (χ1) is 18.3. The van der Waals surface area contributed by atoms with Crippen LogP contribution in [0.1, 0.15) is 59.1 Å². The Balaban J connectivity index is 1.41. The number of hydrogen-bond acceptors (Lipinski definition) is 9. The van der Waals surface area contributed by atoms with Gasteiger partial charge in [-0.25, -0.2) is 23.8 Å². The maximum absolute atomic E-state index is 15.2. The van der Waals surface area contributed by atoms with Crippen molar-refractivity contribution in [2.45, 2.75) is 89.7 Å². The molecule has 4 rings (SSSR count). The Morgan fingerprint density at radius 3 is 2.56 bits per heavy atom. The Morgan fingerprint density at radius 1 is 1.21 bits per heavy atom. The van der Waals surface area contributed by atoms with Gasteiger partial charge >= 0.3 is 18.1 Å². The topological polar surface area (TPSA) is 147 Å². The zero-order valence-electron chi connectivity index (χ0n) is 22.5. The average Bonchev–Trinajstić information content (AvgIpc) is 3.32. The number of nitrogens with zero attached hydrogens (tertiary/aromatic N) is 1. The van der Waals surface area contributed by atoms with Crippen LogP contribution >= 0.6 is 11.6 Å². The lowest BCUT2D eigenvalue weighted by molar-refractivity contribution is -0.184. The minimum atomic E-state index is -2.69. The van der Waals surface area contributed by atoms with Gasteiger partial charge in [0.25, 0.3) is 0 Å². The number of aliphatic carboxylic acids is 1. The molecule has 0 bridgehead atoms. The lowest BCUT2D eigenvalue weighted by Crippen LogP contribution is -2.61. The average molecular weight is 571 g/mol. The van der Waals surface area contributed by atoms with Crippen molar-refractivity contribution in [2.75, 3.05) is 0 Å². The molecule has 1 aromatic heterocycles. The highest BCUT2D eigenvalue weighted by molar-refractivity contribution is 6.29. The zero-order chi connectivity index (χ0) is 28.7. The van der Waals surface area contributed by atoms with Crippen LogP contribution in [0.15, 0.2) is 18.2 Å². The van der Waals surface area contributed by atoms with Gasteiger partial charge in [-0.05, 0) is 49.1 Å².